The van der Waals surface area contributed by atoms with Crippen molar-refractivity contribution in [3.63, 3.8) is 0 Å². The van der Waals surface area contributed by atoms with Gasteiger partial charge in [0.2, 0.25) is 0 Å². The summed E-state index contributed by atoms with van der Waals surface area (Å²) in [5, 5.41) is 13.0. The van der Waals surface area contributed by atoms with Crippen LogP contribution in [0.4, 0.5) is 5.69 Å². The Balaban J connectivity index is 1.57. The Kier molecular flexibility index (Phi) is 4.64. The molecule has 0 atom stereocenters. The van der Waals surface area contributed by atoms with Crippen LogP contribution in [0.5, 0.6) is 0 Å². The molecule has 2 aromatic carbocycles. The largest absolute Gasteiger partial charge is 0.321 e. The molecule has 5 nitrogen and oxygen atoms in total. The molecule has 2 aromatic heterocycles. The van der Waals surface area contributed by atoms with E-state index in [0.29, 0.717) is 4.88 Å². The van der Waals surface area contributed by atoms with Crippen molar-refractivity contribution in [3.05, 3.63) is 81.6 Å². The molecule has 0 spiro atoms. The molecular weight excluding hydrogens is 412 g/mol. The maximum atomic E-state index is 12.1. The number of nitrogens with one attached hydrogen (secondary N) is 1. The number of carbonyl (C=O) groups excluding carboxylic acids is 1. The smallest absolute Gasteiger partial charge is 0.265 e. The Hall–Kier alpha value is -2.77. The molecule has 2 heterocycles. The summed E-state index contributed by atoms with van der Waals surface area (Å²) in [6, 6.07) is 19.2. The molecule has 4 aromatic rings. The van der Waals surface area contributed by atoms with Crippen molar-refractivity contribution >= 4 is 38.9 Å². The van der Waals surface area contributed by atoms with Crippen LogP contribution in [-0.2, 0) is 0 Å². The van der Waals surface area contributed by atoms with Gasteiger partial charge in [0, 0.05) is 15.7 Å². The summed E-state index contributed by atoms with van der Waals surface area (Å²) < 4.78 is 2.79. The Morgan fingerprint density at radius 3 is 2.50 bits per heavy atom. The van der Waals surface area contributed by atoms with Gasteiger partial charge in [0.1, 0.15) is 0 Å². The standard InChI is InChI=1S/C19H13BrN4OS/c20-14-5-3-13(4-6-14)17-12-21-23-24(17)16-9-7-15(8-10-16)22-19(25)18-2-1-11-26-18/h1-12H,(H,22,25). The van der Waals surface area contributed by atoms with E-state index >= 15 is 0 Å². The van der Waals surface area contributed by atoms with Gasteiger partial charge in [0.05, 0.1) is 22.5 Å². The van der Waals surface area contributed by atoms with Crippen molar-refractivity contribution < 1.29 is 4.79 Å². The normalized spacial score (nSPS) is 10.7. The fraction of sp³-hybridized carbons (Fsp3) is 0. The van der Waals surface area contributed by atoms with Crippen LogP contribution in [0.25, 0.3) is 16.9 Å². The van der Waals surface area contributed by atoms with Gasteiger partial charge in [-0.25, -0.2) is 4.68 Å². The highest BCUT2D eigenvalue weighted by molar-refractivity contribution is 9.10. The second-order valence-electron chi connectivity index (χ2n) is 5.52. The molecule has 1 amide bonds. The van der Waals surface area contributed by atoms with Gasteiger partial charge in [0.25, 0.3) is 5.91 Å². The molecular formula is C19H13BrN4OS. The minimum Gasteiger partial charge on any atom is -0.321 e. The summed E-state index contributed by atoms with van der Waals surface area (Å²) in [5.74, 6) is -0.107. The number of nitrogens with zero attached hydrogens (tertiary/aromatic N) is 3. The van der Waals surface area contributed by atoms with Crippen LogP contribution < -0.4 is 5.32 Å². The average Bonchev–Trinajstić information content (AvgIpc) is 3.35. The lowest BCUT2D eigenvalue weighted by Crippen LogP contribution is -2.10. The molecule has 128 valence electrons. The summed E-state index contributed by atoms with van der Waals surface area (Å²) in [6.45, 7) is 0. The number of hydrogen-bond donors (Lipinski definition) is 1. The molecule has 0 radical (unpaired) electrons. The van der Waals surface area contributed by atoms with Gasteiger partial charge in [0.15, 0.2) is 0 Å². The van der Waals surface area contributed by atoms with Crippen molar-refractivity contribution in [1.29, 1.82) is 0 Å². The predicted octanol–water partition coefficient (Wildman–Crippen LogP) is 5.01. The maximum Gasteiger partial charge on any atom is 0.265 e. The number of thiophene rings is 1. The molecule has 0 aliphatic heterocycles. The highest BCUT2D eigenvalue weighted by Crippen LogP contribution is 2.24. The third-order valence-corrected chi connectivity index (χ3v) is 5.20. The van der Waals surface area contributed by atoms with E-state index in [0.717, 1.165) is 27.1 Å². The molecule has 7 heteroatoms. The summed E-state index contributed by atoms with van der Waals surface area (Å²) in [6.07, 6.45) is 1.73. The van der Waals surface area contributed by atoms with Crippen molar-refractivity contribution in [1.82, 2.24) is 15.0 Å². The van der Waals surface area contributed by atoms with Crippen molar-refractivity contribution in [2.45, 2.75) is 0 Å². The van der Waals surface area contributed by atoms with E-state index in [2.05, 4.69) is 31.6 Å². The van der Waals surface area contributed by atoms with Crippen LogP contribution in [0.3, 0.4) is 0 Å². The highest BCUT2D eigenvalue weighted by atomic mass is 79.9. The van der Waals surface area contributed by atoms with Gasteiger partial charge in [-0.2, -0.15) is 0 Å². The molecule has 0 fully saturated rings. The van der Waals surface area contributed by atoms with Crippen molar-refractivity contribution in [3.8, 4) is 16.9 Å². The summed E-state index contributed by atoms with van der Waals surface area (Å²) in [4.78, 5) is 12.8. The van der Waals surface area contributed by atoms with Crippen molar-refractivity contribution in [2.75, 3.05) is 5.32 Å². The van der Waals surface area contributed by atoms with E-state index in [-0.39, 0.29) is 5.91 Å². The maximum absolute atomic E-state index is 12.1. The molecule has 0 aliphatic rings. The Morgan fingerprint density at radius 1 is 1.04 bits per heavy atom. The van der Waals surface area contributed by atoms with E-state index in [9.17, 15) is 4.79 Å². The van der Waals surface area contributed by atoms with Crippen LogP contribution in [0.1, 0.15) is 9.67 Å². The van der Waals surface area contributed by atoms with Crippen LogP contribution in [0.2, 0.25) is 0 Å². The highest BCUT2D eigenvalue weighted by Gasteiger charge is 2.10. The van der Waals surface area contributed by atoms with Crippen LogP contribution in [0.15, 0.2) is 76.7 Å². The zero-order valence-electron chi connectivity index (χ0n) is 13.5. The topological polar surface area (TPSA) is 59.8 Å². The SMILES string of the molecule is O=C(Nc1ccc(-n2nncc2-c2ccc(Br)cc2)cc1)c1cccs1. The zero-order chi connectivity index (χ0) is 17.9. The average molecular weight is 425 g/mol. The number of anilines is 1. The van der Waals surface area contributed by atoms with Gasteiger partial charge in [-0.1, -0.05) is 39.3 Å². The van der Waals surface area contributed by atoms with E-state index in [1.165, 1.54) is 11.3 Å². The monoisotopic (exact) mass is 424 g/mol. The molecule has 0 bridgehead atoms. The summed E-state index contributed by atoms with van der Waals surface area (Å²) >= 11 is 4.86. The predicted molar refractivity (Wildman–Crippen MR) is 107 cm³/mol. The Bertz CT molecular complexity index is 1020. The lowest BCUT2D eigenvalue weighted by molar-refractivity contribution is 0.103. The number of amides is 1. The first kappa shape index (κ1) is 16.7. The van der Waals surface area contributed by atoms with Crippen LogP contribution >= 0.6 is 27.3 Å². The Labute approximate surface area is 162 Å². The van der Waals surface area contributed by atoms with Gasteiger partial charge < -0.3 is 5.32 Å². The number of hydrogen-bond acceptors (Lipinski definition) is 4. The summed E-state index contributed by atoms with van der Waals surface area (Å²) in [5.41, 5.74) is 3.52. The molecule has 0 aliphatic carbocycles. The zero-order valence-corrected chi connectivity index (χ0v) is 15.9. The molecule has 0 saturated heterocycles. The quantitative estimate of drug-likeness (QED) is 0.500. The number of rotatable bonds is 4. The minimum atomic E-state index is -0.107. The van der Waals surface area contributed by atoms with E-state index in [4.69, 9.17) is 0 Å². The molecule has 26 heavy (non-hydrogen) atoms. The summed E-state index contributed by atoms with van der Waals surface area (Å²) in [7, 11) is 0. The van der Waals surface area contributed by atoms with Crippen LogP contribution in [0, 0.1) is 0 Å². The lowest BCUT2D eigenvalue weighted by Gasteiger charge is -2.08. The molecule has 1 N–H and O–H groups in total. The van der Waals surface area contributed by atoms with Crippen molar-refractivity contribution in [2.24, 2.45) is 0 Å². The third-order valence-electron chi connectivity index (χ3n) is 3.80. The fourth-order valence-electron chi connectivity index (χ4n) is 2.53. The first-order valence-electron chi connectivity index (χ1n) is 7.83. The van der Waals surface area contributed by atoms with Gasteiger partial charge >= 0.3 is 0 Å². The third kappa shape index (κ3) is 3.44. The van der Waals surface area contributed by atoms with E-state index < -0.39 is 0 Å². The van der Waals surface area contributed by atoms with Crippen LogP contribution in [-0.4, -0.2) is 20.9 Å². The van der Waals surface area contributed by atoms with Gasteiger partial charge in [-0.15, -0.1) is 16.4 Å². The lowest BCUT2D eigenvalue weighted by atomic mass is 10.1. The number of halogens is 1. The van der Waals surface area contributed by atoms with E-state index in [1.54, 1.807) is 16.9 Å². The number of carbonyl (C=O) groups is 1. The van der Waals surface area contributed by atoms with Gasteiger partial charge in [-0.3, -0.25) is 4.79 Å². The first-order valence-corrected chi connectivity index (χ1v) is 9.50. The van der Waals surface area contributed by atoms with E-state index in [1.807, 2.05) is 60.0 Å². The molecule has 4 rings (SSSR count). The number of aromatic nitrogens is 3. The molecule has 0 unspecified atom stereocenters. The minimum absolute atomic E-state index is 0.107. The Morgan fingerprint density at radius 2 is 1.81 bits per heavy atom. The van der Waals surface area contributed by atoms with Gasteiger partial charge in [-0.05, 0) is 47.8 Å². The number of benzene rings is 2. The second kappa shape index (κ2) is 7.23. The molecule has 0 saturated carbocycles. The fourth-order valence-corrected chi connectivity index (χ4v) is 3.41. The first-order chi connectivity index (χ1) is 12.7. The second-order valence-corrected chi connectivity index (χ2v) is 7.38.